The maximum absolute atomic E-state index is 12.2. The fraction of sp³-hybridized carbons (Fsp3) is 0.312. The molecule has 0 unspecified atom stereocenters. The number of rotatable bonds is 3. The van der Waals surface area contributed by atoms with Crippen LogP contribution in [-0.2, 0) is 25.3 Å². The number of hydrogen-bond donors (Lipinski definition) is 1. The molecule has 0 aliphatic heterocycles. The topological polar surface area (TPSA) is 82.1 Å². The molecular formula is C16H18N4O3. The van der Waals surface area contributed by atoms with E-state index in [0.29, 0.717) is 11.4 Å². The number of imidazole rings is 1. The number of carbonyl (C=O) groups is 1. The molecule has 0 saturated carbocycles. The van der Waals surface area contributed by atoms with Crippen LogP contribution < -0.4 is 11.0 Å². The van der Waals surface area contributed by atoms with Crippen molar-refractivity contribution >= 4 is 22.6 Å². The van der Waals surface area contributed by atoms with Crippen LogP contribution in [0.1, 0.15) is 17.0 Å². The first kappa shape index (κ1) is 15.1. The maximum Gasteiger partial charge on any atom is 0.328 e. The summed E-state index contributed by atoms with van der Waals surface area (Å²) < 4.78 is 8.19. The molecule has 3 aromatic rings. The Balaban J connectivity index is 1.85. The van der Waals surface area contributed by atoms with Crippen molar-refractivity contribution in [3.05, 3.63) is 45.7 Å². The van der Waals surface area contributed by atoms with Crippen molar-refractivity contribution in [2.24, 2.45) is 14.1 Å². The summed E-state index contributed by atoms with van der Waals surface area (Å²) in [7, 11) is 3.43. The summed E-state index contributed by atoms with van der Waals surface area (Å²) in [4.78, 5) is 24.2. The average Bonchev–Trinajstić information content (AvgIpc) is 2.94. The smallest absolute Gasteiger partial charge is 0.328 e. The van der Waals surface area contributed by atoms with Gasteiger partial charge in [0, 0.05) is 25.3 Å². The molecule has 0 aliphatic rings. The lowest BCUT2D eigenvalue weighted by molar-refractivity contribution is -0.115. The van der Waals surface area contributed by atoms with Crippen molar-refractivity contribution in [2.45, 2.75) is 20.3 Å². The third-order valence-corrected chi connectivity index (χ3v) is 4.07. The van der Waals surface area contributed by atoms with Gasteiger partial charge in [-0.1, -0.05) is 5.16 Å². The summed E-state index contributed by atoms with van der Waals surface area (Å²) in [5, 5.41) is 6.70. The summed E-state index contributed by atoms with van der Waals surface area (Å²) in [6.45, 7) is 3.60. The molecule has 0 atom stereocenters. The van der Waals surface area contributed by atoms with Crippen LogP contribution in [0, 0.1) is 13.8 Å². The van der Waals surface area contributed by atoms with E-state index in [2.05, 4.69) is 10.5 Å². The highest BCUT2D eigenvalue weighted by Gasteiger charge is 2.14. The van der Waals surface area contributed by atoms with E-state index in [-0.39, 0.29) is 18.0 Å². The highest BCUT2D eigenvalue weighted by Crippen LogP contribution is 2.19. The van der Waals surface area contributed by atoms with E-state index in [4.69, 9.17) is 4.52 Å². The Labute approximate surface area is 132 Å². The van der Waals surface area contributed by atoms with Crippen LogP contribution in [0.5, 0.6) is 0 Å². The molecule has 23 heavy (non-hydrogen) atoms. The highest BCUT2D eigenvalue weighted by atomic mass is 16.5. The van der Waals surface area contributed by atoms with E-state index in [9.17, 15) is 9.59 Å². The SMILES string of the molecule is Cc1noc(C)c1CC(=O)Nc1ccc2c(c1)n(C)c(=O)n2C. The summed E-state index contributed by atoms with van der Waals surface area (Å²) in [6.07, 6.45) is 0.201. The van der Waals surface area contributed by atoms with Crippen molar-refractivity contribution < 1.29 is 9.32 Å². The summed E-state index contributed by atoms with van der Waals surface area (Å²) in [5.41, 5.74) is 3.66. The van der Waals surface area contributed by atoms with Gasteiger partial charge < -0.3 is 9.84 Å². The second-order valence-electron chi connectivity index (χ2n) is 5.63. The Bertz CT molecular complexity index is 942. The minimum absolute atomic E-state index is 0.0980. The molecule has 0 fully saturated rings. The fourth-order valence-corrected chi connectivity index (χ4v) is 2.70. The average molecular weight is 314 g/mol. The third-order valence-electron chi connectivity index (χ3n) is 4.07. The second-order valence-corrected chi connectivity index (χ2v) is 5.63. The number of anilines is 1. The number of fused-ring (bicyclic) bond motifs is 1. The van der Waals surface area contributed by atoms with Crippen molar-refractivity contribution in [3.63, 3.8) is 0 Å². The molecule has 0 bridgehead atoms. The Hall–Kier alpha value is -2.83. The molecule has 120 valence electrons. The van der Waals surface area contributed by atoms with Crippen LogP contribution in [0.4, 0.5) is 5.69 Å². The number of carbonyl (C=O) groups excluding carboxylic acids is 1. The van der Waals surface area contributed by atoms with Gasteiger partial charge in [0.2, 0.25) is 5.91 Å². The standard InChI is InChI=1S/C16H18N4O3/c1-9-12(10(2)23-18-9)8-15(21)17-11-5-6-13-14(7-11)20(4)16(22)19(13)3/h5-7H,8H2,1-4H3,(H,17,21). The molecule has 0 radical (unpaired) electrons. The number of aromatic nitrogens is 3. The molecule has 1 amide bonds. The molecule has 7 heteroatoms. The van der Waals surface area contributed by atoms with Gasteiger partial charge in [0.25, 0.3) is 0 Å². The molecule has 1 N–H and O–H groups in total. The van der Waals surface area contributed by atoms with Gasteiger partial charge >= 0.3 is 5.69 Å². The highest BCUT2D eigenvalue weighted by molar-refractivity contribution is 5.94. The van der Waals surface area contributed by atoms with Crippen LogP contribution >= 0.6 is 0 Å². The largest absolute Gasteiger partial charge is 0.361 e. The number of benzene rings is 1. The zero-order valence-electron chi connectivity index (χ0n) is 13.5. The first-order valence-corrected chi connectivity index (χ1v) is 7.25. The number of amides is 1. The minimum atomic E-state index is -0.153. The predicted molar refractivity (Wildman–Crippen MR) is 86.5 cm³/mol. The molecule has 0 spiro atoms. The first-order chi connectivity index (χ1) is 10.9. The van der Waals surface area contributed by atoms with Gasteiger partial charge in [-0.2, -0.15) is 0 Å². The van der Waals surface area contributed by atoms with Crippen LogP contribution in [-0.4, -0.2) is 20.2 Å². The van der Waals surface area contributed by atoms with Gasteiger partial charge in [0.15, 0.2) is 0 Å². The third kappa shape index (κ3) is 2.54. The summed E-state index contributed by atoms with van der Waals surface area (Å²) >= 11 is 0. The number of aryl methyl sites for hydroxylation is 4. The van der Waals surface area contributed by atoms with Gasteiger partial charge in [-0.3, -0.25) is 13.9 Å². The number of hydrogen-bond acceptors (Lipinski definition) is 4. The van der Waals surface area contributed by atoms with Gasteiger partial charge in [-0.05, 0) is 32.0 Å². The second kappa shape index (κ2) is 5.42. The van der Waals surface area contributed by atoms with Crippen LogP contribution in [0.2, 0.25) is 0 Å². The van der Waals surface area contributed by atoms with E-state index in [1.165, 1.54) is 0 Å². The Morgan fingerprint density at radius 1 is 1.22 bits per heavy atom. The summed E-state index contributed by atoms with van der Waals surface area (Å²) in [6, 6.07) is 5.40. The Kier molecular flexibility index (Phi) is 3.55. The van der Waals surface area contributed by atoms with Crippen molar-refractivity contribution in [2.75, 3.05) is 5.32 Å². The van der Waals surface area contributed by atoms with Gasteiger partial charge in [-0.15, -0.1) is 0 Å². The molecule has 0 aliphatic carbocycles. The lowest BCUT2D eigenvalue weighted by atomic mass is 10.1. The lowest BCUT2D eigenvalue weighted by Gasteiger charge is -2.06. The molecule has 2 aromatic heterocycles. The molecule has 0 saturated heterocycles. The molecule has 3 rings (SSSR count). The Morgan fingerprint density at radius 3 is 2.57 bits per heavy atom. The Morgan fingerprint density at radius 2 is 1.91 bits per heavy atom. The van der Waals surface area contributed by atoms with Gasteiger partial charge in [0.1, 0.15) is 5.76 Å². The van der Waals surface area contributed by atoms with Crippen molar-refractivity contribution in [1.82, 2.24) is 14.3 Å². The quantitative estimate of drug-likeness (QED) is 0.797. The monoisotopic (exact) mass is 314 g/mol. The zero-order valence-corrected chi connectivity index (χ0v) is 13.5. The van der Waals surface area contributed by atoms with Crippen molar-refractivity contribution in [1.29, 1.82) is 0 Å². The molecular weight excluding hydrogens is 296 g/mol. The fourth-order valence-electron chi connectivity index (χ4n) is 2.70. The normalized spacial score (nSPS) is 11.1. The van der Waals surface area contributed by atoms with Gasteiger partial charge in [-0.25, -0.2) is 4.79 Å². The van der Waals surface area contributed by atoms with E-state index in [1.807, 2.05) is 13.0 Å². The molecule has 2 heterocycles. The van der Waals surface area contributed by atoms with Crippen LogP contribution in [0.15, 0.2) is 27.5 Å². The molecule has 7 nitrogen and oxygen atoms in total. The maximum atomic E-state index is 12.2. The lowest BCUT2D eigenvalue weighted by Crippen LogP contribution is -2.19. The van der Waals surface area contributed by atoms with E-state index in [1.54, 1.807) is 42.3 Å². The minimum Gasteiger partial charge on any atom is -0.361 e. The van der Waals surface area contributed by atoms with E-state index in [0.717, 1.165) is 22.3 Å². The van der Waals surface area contributed by atoms with Crippen molar-refractivity contribution in [3.8, 4) is 0 Å². The van der Waals surface area contributed by atoms with Crippen LogP contribution in [0.3, 0.4) is 0 Å². The zero-order chi connectivity index (χ0) is 16.7. The predicted octanol–water partition coefficient (Wildman–Crippen LogP) is 1.66. The molecule has 1 aromatic carbocycles. The van der Waals surface area contributed by atoms with E-state index < -0.39 is 0 Å². The first-order valence-electron chi connectivity index (χ1n) is 7.25. The number of nitrogens with one attached hydrogen (secondary N) is 1. The van der Waals surface area contributed by atoms with E-state index >= 15 is 0 Å². The van der Waals surface area contributed by atoms with Gasteiger partial charge in [0.05, 0.1) is 23.1 Å². The van der Waals surface area contributed by atoms with Crippen LogP contribution in [0.25, 0.3) is 11.0 Å². The number of nitrogens with zero attached hydrogens (tertiary/aromatic N) is 3. The summed E-state index contributed by atoms with van der Waals surface area (Å²) in [5.74, 6) is 0.498.